The summed E-state index contributed by atoms with van der Waals surface area (Å²) in [4.78, 5) is 25.3. The van der Waals surface area contributed by atoms with Gasteiger partial charge < -0.3 is 10.4 Å². The average molecular weight is 460 g/mol. The maximum atomic E-state index is 13.2. The third-order valence-electron chi connectivity index (χ3n) is 5.96. The van der Waals surface area contributed by atoms with Crippen LogP contribution in [0.1, 0.15) is 79.3 Å². The molecule has 2 amide bonds. The van der Waals surface area contributed by atoms with Crippen LogP contribution in [0.25, 0.3) is 0 Å². The Labute approximate surface area is 187 Å². The average Bonchev–Trinajstić information content (AvgIpc) is 3.38. The van der Waals surface area contributed by atoms with Gasteiger partial charge in [0.1, 0.15) is 5.60 Å². The SMILES string of the molecule is CC(C)n1nc([S@@](N)(=O)=NC(=O)Nc2c3c(cc4c2C(=O)CC4)CCC3)cc1C(C)(C)O. The lowest BCUT2D eigenvalue weighted by atomic mass is 9.98. The second-order valence-corrected chi connectivity index (χ2v) is 11.0. The first-order valence-electron chi connectivity index (χ1n) is 10.8. The maximum absolute atomic E-state index is 13.2. The fraction of sp³-hybridized carbons (Fsp3) is 0.500. The van der Waals surface area contributed by atoms with Gasteiger partial charge in [-0.2, -0.15) is 5.10 Å². The van der Waals surface area contributed by atoms with E-state index in [0.29, 0.717) is 29.8 Å². The number of aromatic nitrogens is 2. The van der Waals surface area contributed by atoms with Crippen molar-refractivity contribution < 1.29 is 18.9 Å². The first-order valence-corrected chi connectivity index (χ1v) is 12.4. The van der Waals surface area contributed by atoms with E-state index in [1.807, 2.05) is 13.8 Å². The van der Waals surface area contributed by atoms with Crippen LogP contribution in [0, 0.1) is 0 Å². The molecule has 32 heavy (non-hydrogen) atoms. The van der Waals surface area contributed by atoms with E-state index >= 15 is 0 Å². The number of hydrogen-bond acceptors (Lipinski definition) is 5. The molecule has 0 aliphatic heterocycles. The van der Waals surface area contributed by atoms with Crippen molar-refractivity contribution in [2.24, 2.45) is 9.50 Å². The van der Waals surface area contributed by atoms with E-state index in [0.717, 1.165) is 36.0 Å². The molecule has 0 bridgehead atoms. The second-order valence-electron chi connectivity index (χ2n) is 9.26. The van der Waals surface area contributed by atoms with Gasteiger partial charge in [0.15, 0.2) is 20.7 Å². The van der Waals surface area contributed by atoms with Crippen LogP contribution in [0.2, 0.25) is 0 Å². The monoisotopic (exact) mass is 459 g/mol. The number of nitrogens with one attached hydrogen (secondary N) is 1. The van der Waals surface area contributed by atoms with Gasteiger partial charge in [0.2, 0.25) is 0 Å². The maximum Gasteiger partial charge on any atom is 0.354 e. The van der Waals surface area contributed by atoms with Crippen molar-refractivity contribution in [2.45, 2.75) is 76.5 Å². The Bertz CT molecular complexity index is 1250. The van der Waals surface area contributed by atoms with E-state index in [4.69, 9.17) is 5.14 Å². The van der Waals surface area contributed by atoms with E-state index in [-0.39, 0.29) is 16.9 Å². The van der Waals surface area contributed by atoms with Crippen LogP contribution in [-0.2, 0) is 34.8 Å². The summed E-state index contributed by atoms with van der Waals surface area (Å²) in [5.74, 6) is -0.0102. The zero-order chi connectivity index (χ0) is 23.4. The number of hydrogen-bond donors (Lipinski definition) is 3. The molecule has 1 atom stereocenters. The predicted octanol–water partition coefficient (Wildman–Crippen LogP) is 3.24. The Hall–Kier alpha value is -2.56. The minimum atomic E-state index is -3.68. The van der Waals surface area contributed by atoms with Crippen molar-refractivity contribution in [1.29, 1.82) is 0 Å². The van der Waals surface area contributed by atoms with Gasteiger partial charge in [-0.25, -0.2) is 14.1 Å². The van der Waals surface area contributed by atoms with E-state index in [2.05, 4.69) is 20.8 Å². The number of carbonyl (C=O) groups excluding carboxylic acids is 2. The zero-order valence-electron chi connectivity index (χ0n) is 18.8. The number of anilines is 1. The van der Waals surface area contributed by atoms with E-state index in [1.165, 1.54) is 10.7 Å². The Kier molecular flexibility index (Phi) is 5.51. The highest BCUT2D eigenvalue weighted by atomic mass is 32.2. The largest absolute Gasteiger partial charge is 0.384 e. The Morgan fingerprint density at radius 2 is 1.97 bits per heavy atom. The number of nitrogens with zero attached hydrogens (tertiary/aromatic N) is 3. The second kappa shape index (κ2) is 7.79. The van der Waals surface area contributed by atoms with Crippen LogP contribution in [-0.4, -0.2) is 30.9 Å². The van der Waals surface area contributed by atoms with Gasteiger partial charge in [-0.15, -0.1) is 4.36 Å². The Morgan fingerprint density at radius 3 is 2.59 bits per heavy atom. The zero-order valence-corrected chi connectivity index (χ0v) is 19.6. The molecule has 1 aromatic carbocycles. The fourth-order valence-corrected chi connectivity index (χ4v) is 5.37. The smallest absolute Gasteiger partial charge is 0.354 e. The van der Waals surface area contributed by atoms with E-state index < -0.39 is 21.5 Å². The molecule has 1 heterocycles. The van der Waals surface area contributed by atoms with Crippen LogP contribution >= 0.6 is 0 Å². The molecule has 4 rings (SSSR count). The number of fused-ring (bicyclic) bond motifs is 2. The van der Waals surface area contributed by atoms with Crippen molar-refractivity contribution in [2.75, 3.05) is 5.32 Å². The number of ketones is 1. The molecule has 0 fully saturated rings. The van der Waals surface area contributed by atoms with Gasteiger partial charge in [0.05, 0.1) is 11.4 Å². The highest BCUT2D eigenvalue weighted by Gasteiger charge is 2.31. The first kappa shape index (κ1) is 22.6. The summed E-state index contributed by atoms with van der Waals surface area (Å²) >= 11 is 0. The molecule has 0 unspecified atom stereocenters. The number of rotatable bonds is 4. The molecule has 2 aromatic rings. The van der Waals surface area contributed by atoms with E-state index in [1.54, 1.807) is 13.8 Å². The van der Waals surface area contributed by atoms with Crippen LogP contribution < -0.4 is 10.5 Å². The standard InChI is InChI=1S/C22H29N5O4S/c1-12(2)27-17(22(3,4)30)11-18(25-27)32(23,31)26-21(29)24-20-15-7-5-6-13(15)10-14-8-9-16(28)19(14)20/h10-12,30H,5-9H2,1-4H3,(H3,23,24,26,29,31)/t32-/m0/s1. The third-order valence-corrected chi connectivity index (χ3v) is 7.20. The Balaban J connectivity index is 1.72. The number of benzene rings is 1. The lowest BCUT2D eigenvalue weighted by Crippen LogP contribution is -2.22. The van der Waals surface area contributed by atoms with Gasteiger partial charge in [-0.3, -0.25) is 9.48 Å². The molecule has 0 radical (unpaired) electrons. The van der Waals surface area contributed by atoms with Gasteiger partial charge in [0.25, 0.3) is 0 Å². The van der Waals surface area contributed by atoms with Crippen molar-refractivity contribution >= 4 is 27.4 Å². The van der Waals surface area contributed by atoms with Gasteiger partial charge in [-0.1, -0.05) is 6.07 Å². The molecule has 0 saturated heterocycles. The van der Waals surface area contributed by atoms with Crippen molar-refractivity contribution in [3.8, 4) is 0 Å². The summed E-state index contributed by atoms with van der Waals surface area (Å²) in [7, 11) is -3.68. The molecule has 1 aromatic heterocycles. The van der Waals surface area contributed by atoms with Crippen LogP contribution in [0.5, 0.6) is 0 Å². The molecule has 4 N–H and O–H groups in total. The third kappa shape index (κ3) is 3.98. The molecule has 2 aliphatic rings. The first-order chi connectivity index (χ1) is 14.9. The minimum Gasteiger partial charge on any atom is -0.384 e. The molecule has 172 valence electrons. The molecule has 10 heteroatoms. The molecule has 0 saturated carbocycles. The topological polar surface area (TPSA) is 140 Å². The van der Waals surface area contributed by atoms with Crippen LogP contribution in [0.15, 0.2) is 21.5 Å². The number of aliphatic hydroxyl groups is 1. The quantitative estimate of drug-likeness (QED) is 0.644. The predicted molar refractivity (Wildman–Crippen MR) is 121 cm³/mol. The summed E-state index contributed by atoms with van der Waals surface area (Å²) < 4.78 is 18.4. The number of nitrogens with two attached hydrogens (primary N) is 1. The van der Waals surface area contributed by atoms with Crippen molar-refractivity contribution in [3.05, 3.63) is 40.1 Å². The Morgan fingerprint density at radius 1 is 1.25 bits per heavy atom. The van der Waals surface area contributed by atoms with Crippen molar-refractivity contribution in [1.82, 2.24) is 9.78 Å². The van der Waals surface area contributed by atoms with Crippen LogP contribution in [0.4, 0.5) is 10.5 Å². The van der Waals surface area contributed by atoms with E-state index in [9.17, 15) is 18.9 Å². The number of urea groups is 1. The number of amides is 2. The van der Waals surface area contributed by atoms with Crippen LogP contribution in [0.3, 0.4) is 0 Å². The summed E-state index contributed by atoms with van der Waals surface area (Å²) in [5, 5.41) is 23.3. The summed E-state index contributed by atoms with van der Waals surface area (Å²) in [6, 6.07) is 2.47. The highest BCUT2D eigenvalue weighted by Crippen LogP contribution is 2.38. The van der Waals surface area contributed by atoms with Gasteiger partial charge in [-0.05, 0) is 70.1 Å². The highest BCUT2D eigenvalue weighted by molar-refractivity contribution is 7.91. The molecular weight excluding hydrogens is 430 g/mol. The number of carbonyl (C=O) groups is 2. The summed E-state index contributed by atoms with van der Waals surface area (Å²) in [6.07, 6.45) is 3.68. The summed E-state index contributed by atoms with van der Waals surface area (Å²) in [6.45, 7) is 6.90. The molecular formula is C22H29N5O4S. The van der Waals surface area contributed by atoms with Crippen molar-refractivity contribution in [3.63, 3.8) is 0 Å². The number of Topliss-reactive ketones (excluding diaryl/α,β-unsaturated/α-hetero) is 1. The summed E-state index contributed by atoms with van der Waals surface area (Å²) in [5.41, 5.74) is 3.19. The van der Waals surface area contributed by atoms with Gasteiger partial charge in [0, 0.05) is 24.1 Å². The minimum absolute atomic E-state index is 0.0102. The normalized spacial score (nSPS) is 17.3. The van der Waals surface area contributed by atoms with Gasteiger partial charge >= 0.3 is 6.03 Å². The molecule has 0 spiro atoms. The lowest BCUT2D eigenvalue weighted by Gasteiger charge is -2.20. The number of aryl methyl sites for hydroxylation is 2. The molecule has 2 aliphatic carbocycles. The fourth-order valence-electron chi connectivity index (χ4n) is 4.50. The lowest BCUT2D eigenvalue weighted by molar-refractivity contribution is 0.0669. The molecule has 9 nitrogen and oxygen atoms in total.